The number of phenols is 1. The van der Waals surface area contributed by atoms with E-state index in [1.165, 1.54) is 13.2 Å². The number of ether oxygens (including phenoxy) is 1. The summed E-state index contributed by atoms with van der Waals surface area (Å²) in [5.41, 5.74) is 0.264. The normalized spacial score (nSPS) is 10.0. The van der Waals surface area contributed by atoms with Crippen molar-refractivity contribution in [2.75, 3.05) is 7.11 Å². The topological polar surface area (TPSA) is 46.5 Å². The van der Waals surface area contributed by atoms with Gasteiger partial charge in [-0.15, -0.1) is 0 Å². The molecule has 0 atom stereocenters. The highest BCUT2D eigenvalue weighted by molar-refractivity contribution is 9.14. The summed E-state index contributed by atoms with van der Waals surface area (Å²) in [5, 5.41) is 9.44. The largest absolute Gasteiger partial charge is 0.507 e. The number of methoxy groups -OCH3 is 1. The second-order valence-corrected chi connectivity index (χ2v) is 4.76. The summed E-state index contributed by atoms with van der Waals surface area (Å²) in [5.74, 6) is -0.541. The maximum atomic E-state index is 11.3. The molecular weight excluding hydrogens is 384 g/mol. The van der Waals surface area contributed by atoms with Crippen molar-refractivity contribution in [2.45, 2.75) is 0 Å². The van der Waals surface area contributed by atoms with Crippen LogP contribution in [-0.4, -0.2) is 18.2 Å². The van der Waals surface area contributed by atoms with Crippen LogP contribution in [0.5, 0.6) is 5.75 Å². The number of benzene rings is 1. The summed E-state index contributed by atoms with van der Waals surface area (Å²) in [6.07, 6.45) is 0. The fraction of sp³-hybridized carbons (Fsp3) is 0.125. The summed E-state index contributed by atoms with van der Waals surface area (Å²) in [6.45, 7) is 0. The van der Waals surface area contributed by atoms with Gasteiger partial charge in [-0.25, -0.2) is 4.79 Å². The molecule has 0 heterocycles. The Morgan fingerprint density at radius 1 is 1.29 bits per heavy atom. The van der Waals surface area contributed by atoms with E-state index in [1.807, 2.05) is 0 Å². The lowest BCUT2D eigenvalue weighted by Gasteiger charge is -2.07. The molecule has 6 heteroatoms. The number of phenolic OH excluding ortho intramolecular Hbond substituents is 1. The molecule has 1 N–H and O–H groups in total. The van der Waals surface area contributed by atoms with Crippen LogP contribution in [-0.2, 0) is 4.74 Å². The predicted molar refractivity (Wildman–Crippen MR) is 62.5 cm³/mol. The second kappa shape index (κ2) is 4.63. The van der Waals surface area contributed by atoms with E-state index in [0.717, 1.165) is 0 Å². The number of halogens is 3. The summed E-state index contributed by atoms with van der Waals surface area (Å²) < 4.78 is 6.14. The van der Waals surface area contributed by atoms with E-state index in [2.05, 4.69) is 52.5 Å². The first-order valence-corrected chi connectivity index (χ1v) is 5.81. The minimum atomic E-state index is -0.514. The number of carbonyl (C=O) groups is 1. The summed E-state index contributed by atoms with van der Waals surface area (Å²) >= 11 is 9.59. The maximum Gasteiger partial charge on any atom is 0.339 e. The lowest BCUT2D eigenvalue weighted by molar-refractivity contribution is 0.0599. The molecule has 0 saturated carbocycles. The molecule has 0 aliphatic rings. The fourth-order valence-electron chi connectivity index (χ4n) is 0.849. The smallest absolute Gasteiger partial charge is 0.339 e. The Labute approximate surface area is 106 Å². The number of carbonyl (C=O) groups excluding carboxylic acids is 1. The number of esters is 1. The van der Waals surface area contributed by atoms with E-state index in [1.54, 1.807) is 0 Å². The molecule has 0 aliphatic heterocycles. The van der Waals surface area contributed by atoms with Crippen LogP contribution in [0.2, 0.25) is 0 Å². The second-order valence-electron chi connectivity index (χ2n) is 2.38. The van der Waals surface area contributed by atoms with Gasteiger partial charge in [-0.2, -0.15) is 0 Å². The van der Waals surface area contributed by atoms with Crippen LogP contribution in [0.25, 0.3) is 0 Å². The molecule has 0 aromatic heterocycles. The highest BCUT2D eigenvalue weighted by Crippen LogP contribution is 2.39. The average Bonchev–Trinajstić information content (AvgIpc) is 2.19. The predicted octanol–water partition coefficient (Wildman–Crippen LogP) is 3.47. The Bertz CT molecular complexity index is 390. The molecule has 0 fully saturated rings. The summed E-state index contributed by atoms with van der Waals surface area (Å²) in [7, 11) is 1.28. The third kappa shape index (κ3) is 2.12. The Morgan fingerprint density at radius 2 is 1.86 bits per heavy atom. The minimum absolute atomic E-state index is 0.0273. The van der Waals surface area contributed by atoms with E-state index in [0.29, 0.717) is 13.4 Å². The zero-order chi connectivity index (χ0) is 10.9. The Balaban J connectivity index is 3.40. The van der Waals surface area contributed by atoms with Crippen molar-refractivity contribution in [3.8, 4) is 5.75 Å². The van der Waals surface area contributed by atoms with Crippen molar-refractivity contribution in [1.82, 2.24) is 0 Å². The van der Waals surface area contributed by atoms with Crippen molar-refractivity contribution in [1.29, 1.82) is 0 Å². The van der Waals surface area contributed by atoms with Gasteiger partial charge in [0.25, 0.3) is 0 Å². The maximum absolute atomic E-state index is 11.3. The molecule has 14 heavy (non-hydrogen) atoms. The third-order valence-corrected chi connectivity index (χ3v) is 5.02. The van der Waals surface area contributed by atoms with Crippen LogP contribution in [0.4, 0.5) is 0 Å². The first-order valence-electron chi connectivity index (χ1n) is 3.43. The van der Waals surface area contributed by atoms with Gasteiger partial charge < -0.3 is 9.84 Å². The van der Waals surface area contributed by atoms with Crippen LogP contribution in [0.3, 0.4) is 0 Å². The quantitative estimate of drug-likeness (QED) is 0.592. The molecule has 1 aromatic rings. The molecule has 0 amide bonds. The Kier molecular flexibility index (Phi) is 3.97. The first-order chi connectivity index (χ1) is 6.49. The zero-order valence-corrected chi connectivity index (χ0v) is 11.7. The van der Waals surface area contributed by atoms with Gasteiger partial charge in [0.05, 0.1) is 21.6 Å². The van der Waals surface area contributed by atoms with Gasteiger partial charge in [0.1, 0.15) is 5.75 Å². The molecule has 0 radical (unpaired) electrons. The van der Waals surface area contributed by atoms with Gasteiger partial charge in [-0.3, -0.25) is 0 Å². The number of rotatable bonds is 1. The van der Waals surface area contributed by atoms with Gasteiger partial charge in [-0.05, 0) is 53.9 Å². The number of hydrogen-bond donors (Lipinski definition) is 1. The third-order valence-electron chi connectivity index (χ3n) is 1.53. The van der Waals surface area contributed by atoms with E-state index in [-0.39, 0.29) is 11.3 Å². The molecule has 76 valence electrons. The molecule has 0 saturated heterocycles. The van der Waals surface area contributed by atoms with Gasteiger partial charge in [-0.1, -0.05) is 0 Å². The van der Waals surface area contributed by atoms with Gasteiger partial charge >= 0.3 is 5.97 Å². The van der Waals surface area contributed by atoms with Gasteiger partial charge in [0.15, 0.2) is 0 Å². The molecule has 0 spiro atoms. The van der Waals surface area contributed by atoms with Crippen molar-refractivity contribution < 1.29 is 14.6 Å². The molecule has 1 rings (SSSR count). The SMILES string of the molecule is COC(=O)c1cc(O)c(Br)c(Br)c1Br. The average molecular weight is 389 g/mol. The van der Waals surface area contributed by atoms with Crippen LogP contribution >= 0.6 is 47.8 Å². The van der Waals surface area contributed by atoms with Crippen LogP contribution in [0, 0.1) is 0 Å². The van der Waals surface area contributed by atoms with Gasteiger partial charge in [0.2, 0.25) is 0 Å². The van der Waals surface area contributed by atoms with E-state index in [4.69, 9.17) is 0 Å². The summed E-state index contributed by atoms with van der Waals surface area (Å²) in [4.78, 5) is 11.3. The lowest BCUT2D eigenvalue weighted by atomic mass is 10.2. The van der Waals surface area contributed by atoms with Crippen molar-refractivity contribution in [3.63, 3.8) is 0 Å². The van der Waals surface area contributed by atoms with Crippen molar-refractivity contribution in [3.05, 3.63) is 25.0 Å². The molecule has 0 unspecified atom stereocenters. The first kappa shape index (κ1) is 12.0. The zero-order valence-electron chi connectivity index (χ0n) is 6.97. The Hall–Kier alpha value is -0.0700. The molecule has 1 aromatic carbocycles. The van der Waals surface area contributed by atoms with E-state index in [9.17, 15) is 9.90 Å². The number of aromatic hydroxyl groups is 1. The van der Waals surface area contributed by atoms with Crippen LogP contribution < -0.4 is 0 Å². The van der Waals surface area contributed by atoms with Crippen molar-refractivity contribution in [2.24, 2.45) is 0 Å². The molecule has 3 nitrogen and oxygen atoms in total. The molecule has 0 bridgehead atoms. The van der Waals surface area contributed by atoms with E-state index < -0.39 is 5.97 Å². The standard InChI is InChI=1S/C8H5Br3O3/c1-14-8(13)3-2-4(12)6(10)7(11)5(3)9/h2,12H,1H3. The van der Waals surface area contributed by atoms with Crippen LogP contribution in [0.15, 0.2) is 19.5 Å². The highest BCUT2D eigenvalue weighted by Gasteiger charge is 2.17. The fourth-order valence-corrected chi connectivity index (χ4v) is 2.32. The molecular formula is C8H5Br3O3. The monoisotopic (exact) mass is 386 g/mol. The number of hydrogen-bond acceptors (Lipinski definition) is 3. The Morgan fingerprint density at radius 3 is 2.36 bits per heavy atom. The summed E-state index contributed by atoms with van der Waals surface area (Å²) in [6, 6.07) is 1.32. The lowest BCUT2D eigenvalue weighted by Crippen LogP contribution is -2.02. The van der Waals surface area contributed by atoms with E-state index >= 15 is 0 Å². The highest BCUT2D eigenvalue weighted by atomic mass is 79.9. The van der Waals surface area contributed by atoms with Crippen molar-refractivity contribution >= 4 is 53.8 Å². The van der Waals surface area contributed by atoms with Gasteiger partial charge in [0, 0.05) is 4.47 Å². The molecule has 0 aliphatic carbocycles. The van der Waals surface area contributed by atoms with Crippen LogP contribution in [0.1, 0.15) is 10.4 Å². The minimum Gasteiger partial charge on any atom is -0.507 e.